The molecule has 4 nitrogen and oxygen atoms in total. The zero-order valence-electron chi connectivity index (χ0n) is 11.4. The molecule has 0 amide bonds. The van der Waals surface area contributed by atoms with Crippen LogP contribution in [0, 0.1) is 0 Å². The van der Waals surface area contributed by atoms with Crippen molar-refractivity contribution in [1.82, 2.24) is 9.88 Å². The van der Waals surface area contributed by atoms with Crippen LogP contribution < -0.4 is 10.1 Å². The van der Waals surface area contributed by atoms with Crippen molar-refractivity contribution in [3.05, 3.63) is 18.2 Å². The van der Waals surface area contributed by atoms with Gasteiger partial charge in [-0.05, 0) is 32.4 Å². The van der Waals surface area contributed by atoms with E-state index in [1.165, 1.54) is 12.8 Å². The Balaban J connectivity index is 1.76. The highest BCUT2D eigenvalue weighted by Crippen LogP contribution is 2.25. The predicted molar refractivity (Wildman–Crippen MR) is 74.2 cm³/mol. The number of hydrogen-bond donors (Lipinski definition) is 1. The molecule has 4 heteroatoms. The predicted octanol–water partition coefficient (Wildman–Crippen LogP) is 2.38. The number of aromatic nitrogens is 1. The lowest BCUT2D eigenvalue weighted by Crippen LogP contribution is -2.31. The van der Waals surface area contributed by atoms with Crippen LogP contribution in [-0.4, -0.2) is 42.2 Å². The van der Waals surface area contributed by atoms with Gasteiger partial charge >= 0.3 is 0 Å². The molecule has 1 aliphatic rings. The SMILES string of the molecule is CCOc1cccc(NCCN(CC)C2CC2)n1. The van der Waals surface area contributed by atoms with Gasteiger partial charge in [-0.2, -0.15) is 4.98 Å². The van der Waals surface area contributed by atoms with Crippen molar-refractivity contribution in [2.45, 2.75) is 32.7 Å². The van der Waals surface area contributed by atoms with Gasteiger partial charge in [-0.15, -0.1) is 0 Å². The molecule has 0 spiro atoms. The minimum atomic E-state index is 0.655. The van der Waals surface area contributed by atoms with Gasteiger partial charge in [-0.25, -0.2) is 0 Å². The number of ether oxygens (including phenoxy) is 1. The maximum absolute atomic E-state index is 5.38. The van der Waals surface area contributed by atoms with Crippen LogP contribution in [-0.2, 0) is 0 Å². The minimum Gasteiger partial charge on any atom is -0.478 e. The lowest BCUT2D eigenvalue weighted by atomic mass is 10.4. The van der Waals surface area contributed by atoms with E-state index in [4.69, 9.17) is 4.74 Å². The number of nitrogens with one attached hydrogen (secondary N) is 1. The summed E-state index contributed by atoms with van der Waals surface area (Å²) in [4.78, 5) is 6.92. The van der Waals surface area contributed by atoms with Crippen LogP contribution >= 0.6 is 0 Å². The topological polar surface area (TPSA) is 37.4 Å². The van der Waals surface area contributed by atoms with Crippen LogP contribution in [0.1, 0.15) is 26.7 Å². The highest BCUT2D eigenvalue weighted by molar-refractivity contribution is 5.36. The molecule has 0 atom stereocenters. The smallest absolute Gasteiger partial charge is 0.215 e. The summed E-state index contributed by atoms with van der Waals surface area (Å²) in [6, 6.07) is 6.67. The van der Waals surface area contributed by atoms with E-state index in [0.717, 1.165) is 31.5 Å². The van der Waals surface area contributed by atoms with Gasteiger partial charge in [0, 0.05) is 25.2 Å². The molecule has 1 fully saturated rings. The fraction of sp³-hybridized carbons (Fsp3) is 0.643. The molecule has 18 heavy (non-hydrogen) atoms. The fourth-order valence-corrected chi connectivity index (χ4v) is 2.11. The molecule has 1 aromatic rings. The molecule has 100 valence electrons. The third kappa shape index (κ3) is 3.88. The normalized spacial score (nSPS) is 14.8. The van der Waals surface area contributed by atoms with Gasteiger partial charge in [-0.3, -0.25) is 4.90 Å². The van der Waals surface area contributed by atoms with E-state index in [0.29, 0.717) is 12.5 Å². The molecule has 1 N–H and O–H groups in total. The monoisotopic (exact) mass is 249 g/mol. The molecule has 1 heterocycles. The Kier molecular flexibility index (Phi) is 4.81. The first-order chi connectivity index (χ1) is 8.83. The summed E-state index contributed by atoms with van der Waals surface area (Å²) < 4.78 is 5.38. The van der Waals surface area contributed by atoms with Crippen molar-refractivity contribution < 1.29 is 4.74 Å². The van der Waals surface area contributed by atoms with E-state index in [-0.39, 0.29) is 0 Å². The number of rotatable bonds is 8. The van der Waals surface area contributed by atoms with Gasteiger partial charge in [-0.1, -0.05) is 13.0 Å². The Morgan fingerprint density at radius 3 is 2.89 bits per heavy atom. The third-order valence-corrected chi connectivity index (χ3v) is 3.19. The zero-order chi connectivity index (χ0) is 12.8. The van der Waals surface area contributed by atoms with Crippen LogP contribution in [0.15, 0.2) is 18.2 Å². The van der Waals surface area contributed by atoms with Crippen molar-refractivity contribution in [2.24, 2.45) is 0 Å². The molecule has 0 saturated heterocycles. The first kappa shape index (κ1) is 13.1. The van der Waals surface area contributed by atoms with Crippen LogP contribution in [0.5, 0.6) is 5.88 Å². The first-order valence-corrected chi connectivity index (χ1v) is 6.91. The molecular weight excluding hydrogens is 226 g/mol. The van der Waals surface area contributed by atoms with Gasteiger partial charge in [0.25, 0.3) is 0 Å². The van der Waals surface area contributed by atoms with Crippen molar-refractivity contribution in [2.75, 3.05) is 31.6 Å². The molecule has 0 aromatic carbocycles. The van der Waals surface area contributed by atoms with Gasteiger partial charge in [0.2, 0.25) is 5.88 Å². The van der Waals surface area contributed by atoms with E-state index in [1.54, 1.807) is 0 Å². The summed E-state index contributed by atoms with van der Waals surface area (Å²) >= 11 is 0. The van der Waals surface area contributed by atoms with E-state index in [2.05, 4.69) is 22.1 Å². The molecule has 0 radical (unpaired) electrons. The molecular formula is C14H23N3O. The highest BCUT2D eigenvalue weighted by Gasteiger charge is 2.27. The average Bonchev–Trinajstić information content (AvgIpc) is 3.20. The Bertz CT molecular complexity index is 366. The second-order valence-corrected chi connectivity index (χ2v) is 4.58. The lowest BCUT2D eigenvalue weighted by molar-refractivity contribution is 0.288. The summed E-state index contributed by atoms with van der Waals surface area (Å²) in [5.41, 5.74) is 0. The fourth-order valence-electron chi connectivity index (χ4n) is 2.11. The number of anilines is 1. The highest BCUT2D eigenvalue weighted by atomic mass is 16.5. The quantitative estimate of drug-likeness (QED) is 0.767. The van der Waals surface area contributed by atoms with Crippen LogP contribution in [0.4, 0.5) is 5.82 Å². The summed E-state index contributed by atoms with van der Waals surface area (Å²) in [6.07, 6.45) is 2.73. The Morgan fingerprint density at radius 1 is 1.39 bits per heavy atom. The Labute approximate surface area is 109 Å². The molecule has 0 bridgehead atoms. The Morgan fingerprint density at radius 2 is 2.22 bits per heavy atom. The molecule has 1 saturated carbocycles. The standard InChI is InChI=1S/C14H23N3O/c1-3-17(12-8-9-12)11-10-15-13-6-5-7-14(16-13)18-4-2/h5-7,12H,3-4,8-11H2,1-2H3,(H,15,16). The molecule has 0 unspecified atom stereocenters. The van der Waals surface area contributed by atoms with Gasteiger partial charge in [0.1, 0.15) is 5.82 Å². The summed E-state index contributed by atoms with van der Waals surface area (Å²) in [5.74, 6) is 1.59. The molecule has 2 rings (SSSR count). The van der Waals surface area contributed by atoms with Crippen LogP contribution in [0.2, 0.25) is 0 Å². The van der Waals surface area contributed by atoms with Crippen LogP contribution in [0.25, 0.3) is 0 Å². The zero-order valence-corrected chi connectivity index (χ0v) is 11.4. The van der Waals surface area contributed by atoms with E-state index in [9.17, 15) is 0 Å². The second kappa shape index (κ2) is 6.59. The number of likely N-dealkylation sites (N-methyl/N-ethyl adjacent to an activating group) is 1. The molecule has 1 aromatic heterocycles. The summed E-state index contributed by atoms with van der Waals surface area (Å²) in [6.45, 7) is 8.01. The van der Waals surface area contributed by atoms with Crippen molar-refractivity contribution in [3.8, 4) is 5.88 Å². The number of hydrogen-bond acceptors (Lipinski definition) is 4. The maximum Gasteiger partial charge on any atom is 0.215 e. The Hall–Kier alpha value is -1.29. The van der Waals surface area contributed by atoms with Crippen molar-refractivity contribution >= 4 is 5.82 Å². The van der Waals surface area contributed by atoms with Gasteiger partial charge < -0.3 is 10.1 Å². The van der Waals surface area contributed by atoms with E-state index in [1.807, 2.05) is 25.1 Å². The minimum absolute atomic E-state index is 0.655. The third-order valence-electron chi connectivity index (χ3n) is 3.19. The van der Waals surface area contributed by atoms with Gasteiger partial charge in [0.05, 0.1) is 6.61 Å². The average molecular weight is 249 g/mol. The van der Waals surface area contributed by atoms with Crippen LogP contribution in [0.3, 0.4) is 0 Å². The van der Waals surface area contributed by atoms with Gasteiger partial charge in [0.15, 0.2) is 0 Å². The number of pyridine rings is 1. The molecule has 0 aliphatic heterocycles. The summed E-state index contributed by atoms with van der Waals surface area (Å²) in [7, 11) is 0. The second-order valence-electron chi connectivity index (χ2n) is 4.58. The lowest BCUT2D eigenvalue weighted by Gasteiger charge is -2.19. The first-order valence-electron chi connectivity index (χ1n) is 6.91. The summed E-state index contributed by atoms with van der Waals surface area (Å²) in [5, 5.41) is 3.36. The maximum atomic E-state index is 5.38. The van der Waals surface area contributed by atoms with E-state index >= 15 is 0 Å². The van der Waals surface area contributed by atoms with Crippen molar-refractivity contribution in [1.29, 1.82) is 0 Å². The van der Waals surface area contributed by atoms with Crippen molar-refractivity contribution in [3.63, 3.8) is 0 Å². The largest absolute Gasteiger partial charge is 0.478 e. The number of nitrogens with zero attached hydrogens (tertiary/aromatic N) is 2. The van der Waals surface area contributed by atoms with E-state index < -0.39 is 0 Å². The molecule has 1 aliphatic carbocycles.